The molecule has 0 aliphatic rings. The third-order valence-electron chi connectivity index (χ3n) is 3.51. The minimum atomic E-state index is -0.245. The van der Waals surface area contributed by atoms with Gasteiger partial charge in [-0.05, 0) is 36.2 Å². The lowest BCUT2D eigenvalue weighted by molar-refractivity contribution is 0.628. The maximum atomic E-state index is 13.1. The molecule has 0 aliphatic heterocycles. The predicted octanol–water partition coefficient (Wildman–Crippen LogP) is 5.07. The smallest absolute Gasteiger partial charge is 0.160 e. The van der Waals surface area contributed by atoms with Gasteiger partial charge in [-0.3, -0.25) is 0 Å². The van der Waals surface area contributed by atoms with E-state index >= 15 is 0 Å². The maximum Gasteiger partial charge on any atom is 0.160 e. The zero-order valence-corrected chi connectivity index (χ0v) is 12.6. The van der Waals surface area contributed by atoms with Crippen molar-refractivity contribution in [2.45, 2.75) is 19.8 Å². The molecular weight excluding hydrogens is 275 g/mol. The predicted molar refractivity (Wildman–Crippen MR) is 87.0 cm³/mol. The van der Waals surface area contributed by atoms with Crippen LogP contribution in [-0.2, 0) is 0 Å². The van der Waals surface area contributed by atoms with Crippen LogP contribution in [0.3, 0.4) is 0 Å². The van der Waals surface area contributed by atoms with E-state index in [0.717, 1.165) is 22.5 Å². The summed E-state index contributed by atoms with van der Waals surface area (Å²) in [6.45, 7) is 4.21. The molecule has 0 unspecified atom stereocenters. The van der Waals surface area contributed by atoms with Gasteiger partial charge < -0.3 is 0 Å². The van der Waals surface area contributed by atoms with Crippen LogP contribution in [0.5, 0.6) is 0 Å². The number of hydrogen-bond acceptors (Lipinski definition) is 2. The van der Waals surface area contributed by atoms with Gasteiger partial charge in [-0.15, -0.1) is 0 Å². The molecule has 0 atom stereocenters. The summed E-state index contributed by atoms with van der Waals surface area (Å²) in [6, 6.07) is 18.3. The highest BCUT2D eigenvalue weighted by Gasteiger charge is 2.10. The Labute approximate surface area is 129 Å². The third-order valence-corrected chi connectivity index (χ3v) is 3.51. The Morgan fingerprint density at radius 2 is 1.50 bits per heavy atom. The van der Waals surface area contributed by atoms with Gasteiger partial charge in [0.05, 0.1) is 5.69 Å². The molecule has 22 heavy (non-hydrogen) atoms. The highest BCUT2D eigenvalue weighted by atomic mass is 19.1. The van der Waals surface area contributed by atoms with Crippen molar-refractivity contribution in [3.05, 3.63) is 72.2 Å². The first-order valence-corrected chi connectivity index (χ1v) is 7.34. The second-order valence-electron chi connectivity index (χ2n) is 5.53. The lowest BCUT2D eigenvalue weighted by Gasteiger charge is -2.11. The SMILES string of the molecule is CC(C)c1cc(-c2ccc(F)cc2)nc(-c2ccccc2)n1. The van der Waals surface area contributed by atoms with E-state index in [9.17, 15) is 4.39 Å². The highest BCUT2D eigenvalue weighted by molar-refractivity contribution is 5.64. The van der Waals surface area contributed by atoms with Gasteiger partial charge in [0.2, 0.25) is 0 Å². The number of hydrogen-bond donors (Lipinski definition) is 0. The van der Waals surface area contributed by atoms with Crippen LogP contribution in [0, 0.1) is 5.82 Å². The quantitative estimate of drug-likeness (QED) is 0.673. The summed E-state index contributed by atoms with van der Waals surface area (Å²) >= 11 is 0. The van der Waals surface area contributed by atoms with Gasteiger partial charge in [-0.25, -0.2) is 14.4 Å². The lowest BCUT2D eigenvalue weighted by Crippen LogP contribution is -2.00. The van der Waals surface area contributed by atoms with E-state index in [1.807, 2.05) is 36.4 Å². The zero-order valence-electron chi connectivity index (χ0n) is 12.6. The summed E-state index contributed by atoms with van der Waals surface area (Å²) in [4.78, 5) is 9.31. The normalized spacial score (nSPS) is 10.9. The number of halogens is 1. The van der Waals surface area contributed by atoms with Gasteiger partial charge in [0.25, 0.3) is 0 Å². The largest absolute Gasteiger partial charge is 0.233 e. The Kier molecular flexibility index (Phi) is 3.96. The number of nitrogens with zero attached hydrogens (tertiary/aromatic N) is 2. The molecule has 3 rings (SSSR count). The Hall–Kier alpha value is -2.55. The van der Waals surface area contributed by atoms with Gasteiger partial charge in [-0.2, -0.15) is 0 Å². The number of aromatic nitrogens is 2. The van der Waals surface area contributed by atoms with Crippen LogP contribution in [0.2, 0.25) is 0 Å². The van der Waals surface area contributed by atoms with Crippen molar-refractivity contribution < 1.29 is 4.39 Å². The second kappa shape index (κ2) is 6.06. The molecule has 0 saturated heterocycles. The Balaban J connectivity index is 2.14. The summed E-state index contributed by atoms with van der Waals surface area (Å²) in [6.07, 6.45) is 0. The van der Waals surface area contributed by atoms with Crippen molar-refractivity contribution >= 4 is 0 Å². The average molecular weight is 292 g/mol. The van der Waals surface area contributed by atoms with Crippen molar-refractivity contribution in [2.75, 3.05) is 0 Å². The van der Waals surface area contributed by atoms with Crippen LogP contribution in [-0.4, -0.2) is 9.97 Å². The molecule has 2 nitrogen and oxygen atoms in total. The van der Waals surface area contributed by atoms with E-state index in [-0.39, 0.29) is 5.82 Å². The van der Waals surface area contributed by atoms with E-state index in [1.165, 1.54) is 12.1 Å². The summed E-state index contributed by atoms with van der Waals surface area (Å²) in [7, 11) is 0. The fraction of sp³-hybridized carbons (Fsp3) is 0.158. The highest BCUT2D eigenvalue weighted by Crippen LogP contribution is 2.25. The van der Waals surface area contributed by atoms with Crippen molar-refractivity contribution in [3.8, 4) is 22.6 Å². The molecule has 0 N–H and O–H groups in total. The first-order valence-electron chi connectivity index (χ1n) is 7.34. The summed E-state index contributed by atoms with van der Waals surface area (Å²) in [5, 5.41) is 0. The standard InChI is InChI=1S/C19H17FN2/c1-13(2)17-12-18(14-8-10-16(20)11-9-14)22-19(21-17)15-6-4-3-5-7-15/h3-13H,1-2H3. The van der Waals surface area contributed by atoms with Crippen molar-refractivity contribution in [2.24, 2.45) is 0 Å². The molecule has 0 fully saturated rings. The molecule has 110 valence electrons. The molecule has 0 spiro atoms. The Morgan fingerprint density at radius 1 is 0.818 bits per heavy atom. The fourth-order valence-corrected chi connectivity index (χ4v) is 2.25. The molecule has 1 heterocycles. The molecule has 0 saturated carbocycles. The summed E-state index contributed by atoms with van der Waals surface area (Å²) in [5.74, 6) is 0.751. The molecule has 3 heteroatoms. The topological polar surface area (TPSA) is 25.8 Å². The van der Waals surface area contributed by atoms with Crippen molar-refractivity contribution in [1.29, 1.82) is 0 Å². The van der Waals surface area contributed by atoms with E-state index in [4.69, 9.17) is 0 Å². The van der Waals surface area contributed by atoms with Gasteiger partial charge in [0.1, 0.15) is 5.82 Å². The van der Waals surface area contributed by atoms with Crippen LogP contribution < -0.4 is 0 Å². The molecule has 1 aromatic heterocycles. The number of rotatable bonds is 3. The van der Waals surface area contributed by atoms with E-state index in [2.05, 4.69) is 23.8 Å². The van der Waals surface area contributed by atoms with Crippen molar-refractivity contribution in [3.63, 3.8) is 0 Å². The minimum Gasteiger partial charge on any atom is -0.233 e. The molecular formula is C19H17FN2. The first-order chi connectivity index (χ1) is 10.6. The van der Waals surface area contributed by atoms with Gasteiger partial charge >= 0.3 is 0 Å². The van der Waals surface area contributed by atoms with Gasteiger partial charge in [-0.1, -0.05) is 44.2 Å². The molecule has 2 aromatic carbocycles. The maximum absolute atomic E-state index is 13.1. The zero-order chi connectivity index (χ0) is 15.5. The average Bonchev–Trinajstić information content (AvgIpc) is 2.56. The van der Waals surface area contributed by atoms with E-state index in [0.29, 0.717) is 11.7 Å². The third kappa shape index (κ3) is 3.03. The molecule has 3 aromatic rings. The Bertz CT molecular complexity index is 765. The Morgan fingerprint density at radius 3 is 2.14 bits per heavy atom. The second-order valence-corrected chi connectivity index (χ2v) is 5.53. The first kappa shape index (κ1) is 14.4. The van der Waals surface area contributed by atoms with Crippen LogP contribution in [0.25, 0.3) is 22.6 Å². The molecule has 0 bridgehead atoms. The van der Waals surface area contributed by atoms with E-state index in [1.54, 1.807) is 12.1 Å². The minimum absolute atomic E-state index is 0.245. The summed E-state index contributed by atoms with van der Waals surface area (Å²) in [5.41, 5.74) is 3.67. The van der Waals surface area contributed by atoms with Gasteiger partial charge in [0.15, 0.2) is 5.82 Å². The molecule has 0 amide bonds. The molecule has 0 aliphatic carbocycles. The van der Waals surface area contributed by atoms with Crippen molar-refractivity contribution in [1.82, 2.24) is 9.97 Å². The lowest BCUT2D eigenvalue weighted by atomic mass is 10.1. The van der Waals surface area contributed by atoms with Crippen LogP contribution in [0.4, 0.5) is 4.39 Å². The molecule has 0 radical (unpaired) electrons. The summed E-state index contributed by atoms with van der Waals surface area (Å²) < 4.78 is 13.1. The van der Waals surface area contributed by atoms with Crippen LogP contribution in [0.1, 0.15) is 25.5 Å². The van der Waals surface area contributed by atoms with Crippen LogP contribution >= 0.6 is 0 Å². The number of benzene rings is 2. The van der Waals surface area contributed by atoms with E-state index < -0.39 is 0 Å². The fourth-order valence-electron chi connectivity index (χ4n) is 2.25. The van der Waals surface area contributed by atoms with Crippen LogP contribution in [0.15, 0.2) is 60.7 Å². The van der Waals surface area contributed by atoms with Gasteiger partial charge in [0, 0.05) is 16.8 Å². The monoisotopic (exact) mass is 292 g/mol.